The molecule has 0 aliphatic rings. The van der Waals surface area contributed by atoms with Gasteiger partial charge in [0.1, 0.15) is 17.5 Å². The van der Waals surface area contributed by atoms with Crippen molar-refractivity contribution in [1.82, 2.24) is 5.32 Å². The van der Waals surface area contributed by atoms with Gasteiger partial charge in [0.2, 0.25) is 0 Å². The summed E-state index contributed by atoms with van der Waals surface area (Å²) in [5, 5.41) is 2.90. The Bertz CT molecular complexity index is 1530. The maximum Gasteiger partial charge on any atom is 0.408 e. The number of Topliss-reactive ketones (excluding diaryl/α,β-unsaturated/α-hetero) is 1. The lowest BCUT2D eigenvalue weighted by Gasteiger charge is -2.33. The lowest BCUT2D eigenvalue weighted by atomic mass is 9.85. The zero-order chi connectivity index (χ0) is 35.1. The van der Waals surface area contributed by atoms with Crippen LogP contribution < -0.4 is 10.1 Å². The largest absolute Gasteiger partial charge is 0.487 e. The number of nitrogens with one attached hydrogen (secondary N) is 1. The third-order valence-electron chi connectivity index (χ3n) is 8.57. The lowest BCUT2D eigenvalue weighted by molar-refractivity contribution is -0.121. The third kappa shape index (κ3) is 13.5. The van der Waals surface area contributed by atoms with Crippen LogP contribution in [0.4, 0.5) is 4.79 Å². The first-order valence-electron chi connectivity index (χ1n) is 17.5. The number of carbonyl (C=O) groups is 2. The van der Waals surface area contributed by atoms with E-state index in [1.807, 2.05) is 99.6 Å². The topological polar surface area (TPSA) is 73.9 Å². The molecule has 1 amide bonds. The number of hydrogen-bond acceptors (Lipinski definition) is 5. The molecule has 4 aromatic rings. The average molecular weight is 664 g/mol. The summed E-state index contributed by atoms with van der Waals surface area (Å²) in [5.41, 5.74) is 3.96. The molecule has 4 aromatic carbocycles. The van der Waals surface area contributed by atoms with Crippen molar-refractivity contribution in [2.45, 2.75) is 104 Å². The average Bonchev–Trinajstić information content (AvgIpc) is 3.09. The van der Waals surface area contributed by atoms with Crippen LogP contribution in [0.1, 0.15) is 75.6 Å². The SMILES string of the molecule is Cc1ccc(C[C@@H](CCC[C@H](NC(=O)OC(C)(C)C)C(=O)CCc2ccccc2)[C@@H](Oc2ccccc2)[C@H](C)OCc2ccccc2)cc1. The van der Waals surface area contributed by atoms with Gasteiger partial charge in [0.15, 0.2) is 5.78 Å². The Morgan fingerprint density at radius 3 is 1.94 bits per heavy atom. The van der Waals surface area contributed by atoms with Crippen molar-refractivity contribution < 1.29 is 23.8 Å². The molecule has 4 atom stereocenters. The quantitative estimate of drug-likeness (QED) is 0.115. The number of amides is 1. The van der Waals surface area contributed by atoms with Crippen molar-refractivity contribution in [3.05, 3.63) is 138 Å². The lowest BCUT2D eigenvalue weighted by Crippen LogP contribution is -2.44. The molecule has 6 heteroatoms. The normalized spacial score (nSPS) is 13.9. The summed E-state index contributed by atoms with van der Waals surface area (Å²) in [6, 6.07) is 38.0. The van der Waals surface area contributed by atoms with Gasteiger partial charge < -0.3 is 19.5 Å². The predicted octanol–water partition coefficient (Wildman–Crippen LogP) is 9.47. The second kappa shape index (κ2) is 18.9. The Balaban J connectivity index is 1.54. The maximum atomic E-state index is 13.6. The predicted molar refractivity (Wildman–Crippen MR) is 197 cm³/mol. The van der Waals surface area contributed by atoms with E-state index >= 15 is 0 Å². The van der Waals surface area contributed by atoms with Gasteiger partial charge in [0, 0.05) is 12.3 Å². The molecule has 0 aliphatic heterocycles. The standard InChI is InChI=1S/C43H53NO5/c1-32-24-26-35(27-25-32)30-37(41(48-38-21-13-8-14-22-38)33(2)47-31-36-18-11-7-12-19-36)20-15-23-39(44-42(46)49-43(3,4)5)40(45)29-28-34-16-9-6-10-17-34/h6-14,16-19,21-22,24-27,33,37,39,41H,15,20,23,28-31H2,1-5H3,(H,44,46)/t33-,37+,39-,41-/m0/s1. The van der Waals surface area contributed by atoms with Gasteiger partial charge >= 0.3 is 6.09 Å². The second-order valence-corrected chi connectivity index (χ2v) is 13.9. The van der Waals surface area contributed by atoms with E-state index in [-0.39, 0.29) is 23.9 Å². The van der Waals surface area contributed by atoms with Crippen LogP contribution in [0.5, 0.6) is 5.75 Å². The number of hydrogen-bond donors (Lipinski definition) is 1. The summed E-state index contributed by atoms with van der Waals surface area (Å²) >= 11 is 0. The second-order valence-electron chi connectivity index (χ2n) is 13.9. The molecule has 0 saturated carbocycles. The van der Waals surface area contributed by atoms with Crippen LogP contribution in [-0.2, 0) is 33.7 Å². The van der Waals surface area contributed by atoms with E-state index < -0.39 is 17.7 Å². The van der Waals surface area contributed by atoms with Crippen molar-refractivity contribution >= 4 is 11.9 Å². The summed E-state index contributed by atoms with van der Waals surface area (Å²) in [7, 11) is 0. The summed E-state index contributed by atoms with van der Waals surface area (Å²) in [4.78, 5) is 26.5. The van der Waals surface area contributed by atoms with Gasteiger partial charge in [-0.15, -0.1) is 0 Å². The van der Waals surface area contributed by atoms with Gasteiger partial charge in [0.05, 0.1) is 18.8 Å². The fraction of sp³-hybridized carbons (Fsp3) is 0.395. The molecule has 0 radical (unpaired) electrons. The summed E-state index contributed by atoms with van der Waals surface area (Å²) < 4.78 is 18.8. The van der Waals surface area contributed by atoms with Crippen molar-refractivity contribution in [2.24, 2.45) is 5.92 Å². The molecular formula is C43H53NO5. The van der Waals surface area contributed by atoms with E-state index in [0.717, 1.165) is 29.7 Å². The highest BCUT2D eigenvalue weighted by Gasteiger charge is 2.31. The van der Waals surface area contributed by atoms with Crippen LogP contribution >= 0.6 is 0 Å². The van der Waals surface area contributed by atoms with E-state index in [9.17, 15) is 9.59 Å². The van der Waals surface area contributed by atoms with Crippen molar-refractivity contribution in [1.29, 1.82) is 0 Å². The van der Waals surface area contributed by atoms with E-state index in [4.69, 9.17) is 14.2 Å². The van der Waals surface area contributed by atoms with Crippen LogP contribution in [0, 0.1) is 12.8 Å². The van der Waals surface area contributed by atoms with Gasteiger partial charge in [-0.05, 0) is 89.1 Å². The third-order valence-corrected chi connectivity index (χ3v) is 8.57. The monoisotopic (exact) mass is 663 g/mol. The molecule has 0 unspecified atom stereocenters. The molecule has 260 valence electrons. The number of alkyl carbamates (subject to hydrolysis) is 1. The van der Waals surface area contributed by atoms with E-state index in [1.165, 1.54) is 11.1 Å². The minimum Gasteiger partial charge on any atom is -0.487 e. The number of rotatable bonds is 18. The molecule has 0 aromatic heterocycles. The minimum atomic E-state index is -0.668. The van der Waals surface area contributed by atoms with Gasteiger partial charge in [-0.3, -0.25) is 4.79 Å². The highest BCUT2D eigenvalue weighted by molar-refractivity contribution is 5.87. The molecule has 4 rings (SSSR count). The summed E-state index contributed by atoms with van der Waals surface area (Å²) in [6.45, 7) is 10.1. The molecule has 0 fully saturated rings. The van der Waals surface area contributed by atoms with E-state index in [1.54, 1.807) is 0 Å². The van der Waals surface area contributed by atoms with Gasteiger partial charge in [-0.1, -0.05) is 115 Å². The van der Waals surface area contributed by atoms with E-state index in [2.05, 4.69) is 55.6 Å². The zero-order valence-electron chi connectivity index (χ0n) is 29.8. The van der Waals surface area contributed by atoms with Crippen LogP contribution in [0.15, 0.2) is 115 Å². The smallest absolute Gasteiger partial charge is 0.408 e. The summed E-state index contributed by atoms with van der Waals surface area (Å²) in [5.74, 6) is 0.855. The zero-order valence-corrected chi connectivity index (χ0v) is 29.8. The summed E-state index contributed by atoms with van der Waals surface area (Å²) in [6.07, 6.45) is 2.63. The fourth-order valence-electron chi connectivity index (χ4n) is 5.97. The Morgan fingerprint density at radius 1 is 0.735 bits per heavy atom. The van der Waals surface area contributed by atoms with Crippen LogP contribution in [0.25, 0.3) is 0 Å². The number of para-hydroxylation sites is 1. The van der Waals surface area contributed by atoms with Crippen molar-refractivity contribution in [2.75, 3.05) is 0 Å². The van der Waals surface area contributed by atoms with Crippen molar-refractivity contribution in [3.8, 4) is 5.75 Å². The highest BCUT2D eigenvalue weighted by Crippen LogP contribution is 2.28. The molecule has 0 heterocycles. The van der Waals surface area contributed by atoms with Crippen LogP contribution in [-0.4, -0.2) is 35.7 Å². The first-order valence-corrected chi connectivity index (χ1v) is 17.5. The Hall–Kier alpha value is -4.42. The Morgan fingerprint density at radius 2 is 1.33 bits per heavy atom. The fourth-order valence-corrected chi connectivity index (χ4v) is 5.97. The van der Waals surface area contributed by atoms with Gasteiger partial charge in [-0.25, -0.2) is 4.79 Å². The first-order chi connectivity index (χ1) is 23.6. The Kier molecular flexibility index (Phi) is 14.5. The molecule has 6 nitrogen and oxygen atoms in total. The molecule has 0 spiro atoms. The molecule has 49 heavy (non-hydrogen) atoms. The van der Waals surface area contributed by atoms with Crippen LogP contribution in [0.3, 0.4) is 0 Å². The number of benzene rings is 4. The van der Waals surface area contributed by atoms with Crippen LogP contribution in [0.2, 0.25) is 0 Å². The first kappa shape index (κ1) is 37.4. The maximum absolute atomic E-state index is 13.6. The molecule has 0 aliphatic carbocycles. The molecule has 0 saturated heterocycles. The molecule has 1 N–H and O–H groups in total. The van der Waals surface area contributed by atoms with E-state index in [0.29, 0.717) is 32.3 Å². The van der Waals surface area contributed by atoms with Crippen molar-refractivity contribution in [3.63, 3.8) is 0 Å². The number of ketones is 1. The van der Waals surface area contributed by atoms with Gasteiger partial charge in [0.25, 0.3) is 0 Å². The molecular weight excluding hydrogens is 610 g/mol. The molecule has 0 bridgehead atoms. The number of ether oxygens (including phenoxy) is 3. The minimum absolute atomic E-state index is 0.00134. The number of carbonyl (C=O) groups excluding carboxylic acids is 2. The number of aryl methyl sites for hydroxylation is 2. The Labute approximate surface area is 293 Å². The highest BCUT2D eigenvalue weighted by atomic mass is 16.6. The van der Waals surface area contributed by atoms with Gasteiger partial charge in [-0.2, -0.15) is 0 Å².